The number of ether oxygens (including phenoxy) is 2. The highest BCUT2D eigenvalue weighted by atomic mass is 16.5. The Morgan fingerprint density at radius 3 is 2.60 bits per heavy atom. The fourth-order valence-electron chi connectivity index (χ4n) is 2.14. The zero-order valence-corrected chi connectivity index (χ0v) is 9.62. The molecule has 0 amide bonds. The van der Waals surface area contributed by atoms with Crippen LogP contribution in [-0.2, 0) is 14.3 Å². The van der Waals surface area contributed by atoms with Crippen LogP contribution in [0.2, 0.25) is 0 Å². The van der Waals surface area contributed by atoms with Crippen molar-refractivity contribution in [1.29, 1.82) is 0 Å². The first kappa shape index (κ1) is 12.5. The summed E-state index contributed by atoms with van der Waals surface area (Å²) < 4.78 is 10.0. The van der Waals surface area contributed by atoms with Gasteiger partial charge in [0.2, 0.25) is 0 Å². The molecule has 0 saturated carbocycles. The minimum atomic E-state index is -0.168. The van der Waals surface area contributed by atoms with Gasteiger partial charge in [-0.2, -0.15) is 0 Å². The van der Waals surface area contributed by atoms with Gasteiger partial charge in [-0.1, -0.05) is 6.92 Å². The average Bonchev–Trinajstić information content (AvgIpc) is 2.26. The molecular weight excluding hydrogens is 194 g/mol. The fraction of sp³-hybridized carbons (Fsp3) is 0.909. The Balaban J connectivity index is 2.58. The standard InChI is InChI=1S/C11H21NO3/c1-11(3-5-15-6-4-11)9(8-12)7-10(13)14-2/h9H,3-8,12H2,1-2H3. The molecule has 1 saturated heterocycles. The molecule has 1 heterocycles. The summed E-state index contributed by atoms with van der Waals surface area (Å²) in [5.41, 5.74) is 5.87. The molecule has 1 atom stereocenters. The summed E-state index contributed by atoms with van der Waals surface area (Å²) in [6.45, 7) is 4.27. The Kier molecular flexibility index (Phi) is 4.54. The monoisotopic (exact) mass is 215 g/mol. The second kappa shape index (κ2) is 5.47. The molecule has 0 aromatic rings. The van der Waals surface area contributed by atoms with Gasteiger partial charge in [0.1, 0.15) is 0 Å². The molecule has 2 N–H and O–H groups in total. The summed E-state index contributed by atoms with van der Waals surface area (Å²) in [7, 11) is 1.42. The molecule has 0 aromatic heterocycles. The Labute approximate surface area is 91.1 Å². The predicted molar refractivity (Wildman–Crippen MR) is 57.3 cm³/mol. The van der Waals surface area contributed by atoms with E-state index in [1.54, 1.807) is 0 Å². The molecule has 1 aliphatic rings. The van der Waals surface area contributed by atoms with Gasteiger partial charge in [0.25, 0.3) is 0 Å². The van der Waals surface area contributed by atoms with Gasteiger partial charge >= 0.3 is 5.97 Å². The normalized spacial score (nSPS) is 22.1. The van der Waals surface area contributed by atoms with E-state index in [-0.39, 0.29) is 17.3 Å². The summed E-state index contributed by atoms with van der Waals surface area (Å²) in [4.78, 5) is 11.3. The molecule has 4 heteroatoms. The fourth-order valence-corrected chi connectivity index (χ4v) is 2.14. The molecule has 1 unspecified atom stereocenters. The van der Waals surface area contributed by atoms with Crippen molar-refractivity contribution >= 4 is 5.97 Å². The van der Waals surface area contributed by atoms with Gasteiger partial charge in [-0.05, 0) is 30.7 Å². The molecule has 1 aliphatic heterocycles. The van der Waals surface area contributed by atoms with Crippen molar-refractivity contribution in [2.75, 3.05) is 26.9 Å². The van der Waals surface area contributed by atoms with E-state index in [0.717, 1.165) is 26.1 Å². The highest BCUT2D eigenvalue weighted by molar-refractivity contribution is 5.69. The summed E-state index contributed by atoms with van der Waals surface area (Å²) in [6, 6.07) is 0. The van der Waals surface area contributed by atoms with Gasteiger partial charge in [0.05, 0.1) is 13.5 Å². The maximum atomic E-state index is 11.3. The molecule has 4 nitrogen and oxygen atoms in total. The van der Waals surface area contributed by atoms with Crippen molar-refractivity contribution < 1.29 is 14.3 Å². The number of hydrogen-bond acceptors (Lipinski definition) is 4. The third-order valence-corrected chi connectivity index (χ3v) is 3.55. The van der Waals surface area contributed by atoms with Crippen LogP contribution in [-0.4, -0.2) is 32.8 Å². The van der Waals surface area contributed by atoms with Crippen molar-refractivity contribution in [2.45, 2.75) is 26.2 Å². The third kappa shape index (κ3) is 3.18. The molecule has 0 spiro atoms. The predicted octanol–water partition coefficient (Wildman–Crippen LogP) is 0.941. The van der Waals surface area contributed by atoms with E-state index in [0.29, 0.717) is 13.0 Å². The smallest absolute Gasteiger partial charge is 0.305 e. The maximum Gasteiger partial charge on any atom is 0.305 e. The van der Waals surface area contributed by atoms with Crippen molar-refractivity contribution in [1.82, 2.24) is 0 Å². The lowest BCUT2D eigenvalue weighted by atomic mass is 9.70. The molecule has 0 radical (unpaired) electrons. The third-order valence-electron chi connectivity index (χ3n) is 3.55. The Morgan fingerprint density at radius 1 is 1.53 bits per heavy atom. The van der Waals surface area contributed by atoms with Crippen LogP contribution >= 0.6 is 0 Å². The first-order chi connectivity index (χ1) is 7.12. The van der Waals surface area contributed by atoms with Crippen LogP contribution < -0.4 is 5.73 Å². The number of carbonyl (C=O) groups excluding carboxylic acids is 1. The van der Waals surface area contributed by atoms with Crippen LogP contribution in [0.3, 0.4) is 0 Å². The van der Waals surface area contributed by atoms with Crippen LogP contribution in [0.1, 0.15) is 26.2 Å². The van der Waals surface area contributed by atoms with Crippen LogP contribution in [0.15, 0.2) is 0 Å². The lowest BCUT2D eigenvalue weighted by Crippen LogP contribution is -2.39. The Bertz CT molecular complexity index is 212. The SMILES string of the molecule is COC(=O)CC(CN)C1(C)CCOCC1. The van der Waals surface area contributed by atoms with Crippen LogP contribution in [0.25, 0.3) is 0 Å². The van der Waals surface area contributed by atoms with Crippen molar-refractivity contribution in [3.05, 3.63) is 0 Å². The number of hydrogen-bond donors (Lipinski definition) is 1. The summed E-state index contributed by atoms with van der Waals surface area (Å²) in [5.74, 6) is 0.0343. The molecule has 1 fully saturated rings. The first-order valence-electron chi connectivity index (χ1n) is 5.47. The zero-order chi connectivity index (χ0) is 11.3. The van der Waals surface area contributed by atoms with E-state index in [9.17, 15) is 4.79 Å². The second-order valence-electron chi connectivity index (χ2n) is 4.48. The number of methoxy groups -OCH3 is 1. The van der Waals surface area contributed by atoms with E-state index >= 15 is 0 Å². The summed E-state index contributed by atoms with van der Waals surface area (Å²) in [5, 5.41) is 0. The molecule has 0 aromatic carbocycles. The molecule has 88 valence electrons. The second-order valence-corrected chi connectivity index (χ2v) is 4.48. The van der Waals surface area contributed by atoms with E-state index < -0.39 is 0 Å². The topological polar surface area (TPSA) is 61.5 Å². The van der Waals surface area contributed by atoms with Gasteiger partial charge in [-0.15, -0.1) is 0 Å². The summed E-state index contributed by atoms with van der Waals surface area (Å²) in [6.07, 6.45) is 2.38. The number of nitrogens with two attached hydrogens (primary N) is 1. The number of esters is 1. The van der Waals surface area contributed by atoms with Gasteiger partial charge in [-0.25, -0.2) is 0 Å². The van der Waals surface area contributed by atoms with Crippen LogP contribution in [0, 0.1) is 11.3 Å². The van der Waals surface area contributed by atoms with Crippen molar-refractivity contribution in [3.63, 3.8) is 0 Å². The van der Waals surface area contributed by atoms with Gasteiger partial charge < -0.3 is 15.2 Å². The maximum absolute atomic E-state index is 11.3. The molecule has 15 heavy (non-hydrogen) atoms. The quantitative estimate of drug-likeness (QED) is 0.709. The van der Waals surface area contributed by atoms with Gasteiger partial charge in [0.15, 0.2) is 0 Å². The van der Waals surface area contributed by atoms with Crippen LogP contribution in [0.4, 0.5) is 0 Å². The summed E-state index contributed by atoms with van der Waals surface area (Å²) >= 11 is 0. The van der Waals surface area contributed by atoms with Gasteiger partial charge in [0, 0.05) is 13.2 Å². The van der Waals surface area contributed by atoms with E-state index in [1.807, 2.05) is 0 Å². The number of carbonyl (C=O) groups is 1. The largest absolute Gasteiger partial charge is 0.469 e. The molecule has 0 bridgehead atoms. The van der Waals surface area contributed by atoms with Crippen LogP contribution in [0.5, 0.6) is 0 Å². The zero-order valence-electron chi connectivity index (χ0n) is 9.62. The minimum absolute atomic E-state index is 0.126. The van der Waals surface area contributed by atoms with E-state index in [1.165, 1.54) is 7.11 Å². The minimum Gasteiger partial charge on any atom is -0.469 e. The molecule has 1 rings (SSSR count). The Morgan fingerprint density at radius 2 is 2.13 bits per heavy atom. The molecule has 0 aliphatic carbocycles. The number of rotatable bonds is 4. The average molecular weight is 215 g/mol. The molecular formula is C11H21NO3. The Hall–Kier alpha value is -0.610. The highest BCUT2D eigenvalue weighted by Gasteiger charge is 2.36. The van der Waals surface area contributed by atoms with Gasteiger partial charge in [-0.3, -0.25) is 4.79 Å². The van der Waals surface area contributed by atoms with Crippen molar-refractivity contribution in [2.24, 2.45) is 17.1 Å². The highest BCUT2D eigenvalue weighted by Crippen LogP contribution is 2.39. The first-order valence-corrected chi connectivity index (χ1v) is 5.47. The lowest BCUT2D eigenvalue weighted by Gasteiger charge is -2.39. The lowest BCUT2D eigenvalue weighted by molar-refractivity contribution is -0.143. The van der Waals surface area contributed by atoms with Crippen molar-refractivity contribution in [3.8, 4) is 0 Å². The van der Waals surface area contributed by atoms with E-state index in [2.05, 4.69) is 6.92 Å². The van der Waals surface area contributed by atoms with E-state index in [4.69, 9.17) is 15.2 Å².